The summed E-state index contributed by atoms with van der Waals surface area (Å²) in [7, 11) is 0. The summed E-state index contributed by atoms with van der Waals surface area (Å²) in [6.45, 7) is 4.40. The van der Waals surface area contributed by atoms with Gasteiger partial charge in [-0.2, -0.15) is 5.26 Å². The molecule has 0 radical (unpaired) electrons. The molecule has 0 spiro atoms. The zero-order valence-corrected chi connectivity index (χ0v) is 17.9. The summed E-state index contributed by atoms with van der Waals surface area (Å²) in [4.78, 5) is 8.85. The van der Waals surface area contributed by atoms with Crippen LogP contribution in [-0.2, 0) is 18.3 Å². The Morgan fingerprint density at radius 2 is 1.97 bits per heavy atom. The fourth-order valence-corrected chi connectivity index (χ4v) is 5.01. The van der Waals surface area contributed by atoms with Crippen molar-refractivity contribution in [3.63, 3.8) is 0 Å². The molecule has 2 aliphatic rings. The zero-order valence-electron chi connectivity index (χ0n) is 17.9. The molecule has 4 rings (SSSR count). The first kappa shape index (κ1) is 20.6. The van der Waals surface area contributed by atoms with Gasteiger partial charge in [-0.25, -0.2) is 9.97 Å². The number of aromatic nitrogens is 2. The molecular weight excluding hydrogens is 374 g/mol. The maximum atomic E-state index is 9.06. The van der Waals surface area contributed by atoms with E-state index < -0.39 is 0 Å². The van der Waals surface area contributed by atoms with Crippen molar-refractivity contribution in [1.82, 2.24) is 9.97 Å². The van der Waals surface area contributed by atoms with Crippen LogP contribution >= 0.6 is 0 Å². The lowest BCUT2D eigenvalue weighted by Gasteiger charge is -2.36. The van der Waals surface area contributed by atoms with Crippen LogP contribution in [0.2, 0.25) is 0 Å². The molecule has 1 aromatic carbocycles. The van der Waals surface area contributed by atoms with Crippen LogP contribution < -0.4 is 16.2 Å². The number of nitriles is 1. The van der Waals surface area contributed by atoms with Crippen LogP contribution in [0, 0.1) is 11.3 Å². The molecule has 2 aromatic rings. The van der Waals surface area contributed by atoms with Crippen LogP contribution in [0.5, 0.6) is 5.75 Å². The van der Waals surface area contributed by atoms with E-state index >= 15 is 0 Å². The van der Waals surface area contributed by atoms with E-state index in [1.165, 1.54) is 11.1 Å². The minimum atomic E-state index is -0.173. The van der Waals surface area contributed by atoms with Gasteiger partial charge < -0.3 is 16.2 Å². The van der Waals surface area contributed by atoms with Crippen molar-refractivity contribution in [1.29, 1.82) is 5.26 Å². The highest BCUT2D eigenvalue weighted by molar-refractivity contribution is 5.77. The van der Waals surface area contributed by atoms with E-state index in [1.54, 1.807) is 6.33 Å². The minimum absolute atomic E-state index is 0.173. The standard InChI is InChI=1S/C24H31N5O/c1-24(2)13-19-17(5-3-4-12-25)20(30-16-8-6-15(26)7-9-16)11-10-18(19)22-21(24)23(27)29-14-28-22/h10-11,14-16H,3-9,13,26H2,1-2H3,(H2,27,28,29). The Bertz CT molecular complexity index is 970. The second kappa shape index (κ2) is 8.23. The molecular formula is C24H31N5O. The Morgan fingerprint density at radius 3 is 2.70 bits per heavy atom. The number of unbranched alkanes of at least 4 members (excludes halogenated alkanes) is 1. The summed E-state index contributed by atoms with van der Waals surface area (Å²) >= 11 is 0. The second-order valence-corrected chi connectivity index (χ2v) is 9.28. The normalized spacial score (nSPS) is 21.9. The third-order valence-corrected chi connectivity index (χ3v) is 6.54. The molecule has 4 N–H and O–H groups in total. The van der Waals surface area contributed by atoms with Gasteiger partial charge >= 0.3 is 0 Å². The van der Waals surface area contributed by atoms with Gasteiger partial charge in [-0.1, -0.05) is 13.8 Å². The highest BCUT2D eigenvalue weighted by atomic mass is 16.5. The lowest BCUT2D eigenvalue weighted by atomic mass is 9.70. The van der Waals surface area contributed by atoms with Crippen LogP contribution in [-0.4, -0.2) is 22.1 Å². The molecule has 0 atom stereocenters. The van der Waals surface area contributed by atoms with Gasteiger partial charge in [0.1, 0.15) is 17.9 Å². The van der Waals surface area contributed by atoms with E-state index in [0.29, 0.717) is 18.3 Å². The molecule has 6 nitrogen and oxygen atoms in total. The van der Waals surface area contributed by atoms with E-state index in [2.05, 4.69) is 42.0 Å². The number of hydrogen-bond acceptors (Lipinski definition) is 6. The highest BCUT2D eigenvalue weighted by Gasteiger charge is 2.36. The van der Waals surface area contributed by atoms with Gasteiger partial charge in [0, 0.05) is 23.6 Å². The monoisotopic (exact) mass is 405 g/mol. The maximum Gasteiger partial charge on any atom is 0.131 e. The zero-order chi connectivity index (χ0) is 21.3. The van der Waals surface area contributed by atoms with Crippen molar-refractivity contribution < 1.29 is 4.74 Å². The van der Waals surface area contributed by atoms with Gasteiger partial charge in [-0.05, 0) is 73.6 Å². The average molecular weight is 406 g/mol. The summed E-state index contributed by atoms with van der Waals surface area (Å²) in [6.07, 6.45) is 8.79. The van der Waals surface area contributed by atoms with E-state index in [-0.39, 0.29) is 11.5 Å². The summed E-state index contributed by atoms with van der Waals surface area (Å²) in [5, 5.41) is 9.06. The number of anilines is 1. The SMILES string of the molecule is CC1(C)Cc2c(ccc(OC3CCC(N)CC3)c2CCCC#N)-c2ncnc(N)c21. The molecule has 1 fully saturated rings. The Hall–Kier alpha value is -2.65. The molecule has 2 aliphatic carbocycles. The quantitative estimate of drug-likeness (QED) is 0.726. The Kier molecular flexibility index (Phi) is 5.66. The summed E-state index contributed by atoms with van der Waals surface area (Å²) in [5.74, 6) is 1.51. The van der Waals surface area contributed by atoms with Crippen molar-refractivity contribution >= 4 is 5.82 Å². The second-order valence-electron chi connectivity index (χ2n) is 9.28. The fraction of sp³-hybridized carbons (Fsp3) is 0.542. The van der Waals surface area contributed by atoms with Crippen molar-refractivity contribution in [2.24, 2.45) is 5.73 Å². The summed E-state index contributed by atoms with van der Waals surface area (Å²) < 4.78 is 6.52. The molecule has 1 aromatic heterocycles. The third kappa shape index (κ3) is 3.87. The molecule has 30 heavy (non-hydrogen) atoms. The first-order chi connectivity index (χ1) is 14.4. The molecule has 1 saturated carbocycles. The van der Waals surface area contributed by atoms with Gasteiger partial charge in [0.15, 0.2) is 0 Å². The molecule has 1 heterocycles. The molecule has 0 aliphatic heterocycles. The predicted octanol–water partition coefficient (Wildman–Crippen LogP) is 4.05. The number of ether oxygens (including phenoxy) is 1. The Balaban J connectivity index is 1.76. The largest absolute Gasteiger partial charge is 0.490 e. The molecule has 158 valence electrons. The van der Waals surface area contributed by atoms with E-state index in [1.807, 2.05) is 0 Å². The van der Waals surface area contributed by atoms with E-state index in [0.717, 1.165) is 67.5 Å². The minimum Gasteiger partial charge on any atom is -0.490 e. The number of rotatable bonds is 5. The average Bonchev–Trinajstić information content (AvgIpc) is 2.71. The molecule has 0 saturated heterocycles. The van der Waals surface area contributed by atoms with Crippen LogP contribution in [0.3, 0.4) is 0 Å². The first-order valence-corrected chi connectivity index (χ1v) is 11.0. The number of nitrogens with zero attached hydrogens (tertiary/aromatic N) is 3. The van der Waals surface area contributed by atoms with Crippen LogP contribution in [0.25, 0.3) is 11.3 Å². The van der Waals surface area contributed by atoms with Gasteiger partial charge in [-0.15, -0.1) is 0 Å². The Morgan fingerprint density at radius 1 is 1.20 bits per heavy atom. The Labute approximate surface area is 178 Å². The predicted molar refractivity (Wildman–Crippen MR) is 118 cm³/mol. The van der Waals surface area contributed by atoms with Crippen LogP contribution in [0.15, 0.2) is 18.5 Å². The third-order valence-electron chi connectivity index (χ3n) is 6.54. The van der Waals surface area contributed by atoms with Gasteiger partial charge in [0.2, 0.25) is 0 Å². The lowest BCUT2D eigenvalue weighted by Crippen LogP contribution is -2.32. The number of nitrogens with two attached hydrogens (primary N) is 2. The summed E-state index contributed by atoms with van der Waals surface area (Å²) in [6, 6.07) is 6.77. The van der Waals surface area contributed by atoms with E-state index in [9.17, 15) is 0 Å². The number of fused-ring (bicyclic) bond motifs is 3. The van der Waals surface area contributed by atoms with E-state index in [4.69, 9.17) is 21.5 Å². The van der Waals surface area contributed by atoms with Gasteiger partial charge in [-0.3, -0.25) is 0 Å². The maximum absolute atomic E-state index is 9.06. The molecule has 0 unspecified atom stereocenters. The van der Waals surface area contributed by atoms with Crippen LogP contribution in [0.4, 0.5) is 5.82 Å². The summed E-state index contributed by atoms with van der Waals surface area (Å²) in [5.41, 5.74) is 17.7. The number of benzene rings is 1. The van der Waals surface area contributed by atoms with Crippen LogP contribution in [0.1, 0.15) is 69.1 Å². The van der Waals surface area contributed by atoms with Crippen molar-refractivity contribution in [2.75, 3.05) is 5.73 Å². The molecule has 0 bridgehead atoms. The van der Waals surface area contributed by atoms with Crippen molar-refractivity contribution in [3.05, 3.63) is 35.2 Å². The van der Waals surface area contributed by atoms with Crippen molar-refractivity contribution in [3.8, 4) is 23.1 Å². The molecule has 0 amide bonds. The van der Waals surface area contributed by atoms with Crippen molar-refractivity contribution in [2.45, 2.75) is 82.8 Å². The molecule has 6 heteroatoms. The topological polar surface area (TPSA) is 111 Å². The highest BCUT2D eigenvalue weighted by Crippen LogP contribution is 2.47. The number of hydrogen-bond donors (Lipinski definition) is 2. The van der Waals surface area contributed by atoms with Gasteiger partial charge in [0.05, 0.1) is 17.9 Å². The van der Waals surface area contributed by atoms with Gasteiger partial charge in [0.25, 0.3) is 0 Å². The lowest BCUT2D eigenvalue weighted by molar-refractivity contribution is 0.145. The smallest absolute Gasteiger partial charge is 0.131 e. The fourth-order valence-electron chi connectivity index (χ4n) is 5.01. The first-order valence-electron chi connectivity index (χ1n) is 11.0. The number of nitrogen functional groups attached to an aromatic ring is 1.